The summed E-state index contributed by atoms with van der Waals surface area (Å²) in [6.45, 7) is 4.35. The van der Waals surface area contributed by atoms with Crippen LogP contribution in [0.4, 0.5) is 0 Å². The van der Waals surface area contributed by atoms with Crippen molar-refractivity contribution in [3.8, 4) is 0 Å². The van der Waals surface area contributed by atoms with Crippen molar-refractivity contribution >= 4 is 5.91 Å². The molecule has 0 aliphatic rings. The van der Waals surface area contributed by atoms with E-state index in [9.17, 15) is 15.0 Å². The van der Waals surface area contributed by atoms with Crippen molar-refractivity contribution in [2.75, 3.05) is 6.61 Å². The summed E-state index contributed by atoms with van der Waals surface area (Å²) >= 11 is 0. The minimum atomic E-state index is -0.839. The first-order chi connectivity index (χ1) is 34.2. The van der Waals surface area contributed by atoms with Gasteiger partial charge >= 0.3 is 0 Å². The molecule has 0 saturated heterocycles. The third-order valence-corrected chi connectivity index (χ3v) is 14.9. The molecule has 4 heteroatoms. The van der Waals surface area contributed by atoms with E-state index in [2.05, 4.69) is 43.5 Å². The van der Waals surface area contributed by atoms with Gasteiger partial charge in [-0.15, -0.1) is 0 Å². The van der Waals surface area contributed by atoms with Gasteiger partial charge in [-0.05, 0) is 51.4 Å². The third-order valence-electron chi connectivity index (χ3n) is 14.9. The summed E-state index contributed by atoms with van der Waals surface area (Å²) in [6, 6.07) is -0.622. The van der Waals surface area contributed by atoms with Gasteiger partial charge in [0.15, 0.2) is 0 Å². The van der Waals surface area contributed by atoms with Crippen LogP contribution in [0.5, 0.6) is 0 Å². The van der Waals surface area contributed by atoms with Crippen LogP contribution in [0.2, 0.25) is 0 Å². The summed E-state index contributed by atoms with van der Waals surface area (Å²) in [5.74, 6) is -0.0582. The molecule has 2 unspecified atom stereocenters. The molecule has 0 aromatic carbocycles. The molecule has 69 heavy (non-hydrogen) atoms. The van der Waals surface area contributed by atoms with Crippen molar-refractivity contribution in [3.05, 3.63) is 36.5 Å². The van der Waals surface area contributed by atoms with Crippen LogP contribution in [0, 0.1) is 0 Å². The van der Waals surface area contributed by atoms with Crippen molar-refractivity contribution in [3.63, 3.8) is 0 Å². The van der Waals surface area contributed by atoms with Crippen LogP contribution < -0.4 is 5.32 Å². The van der Waals surface area contributed by atoms with E-state index in [-0.39, 0.29) is 12.5 Å². The highest BCUT2D eigenvalue weighted by molar-refractivity contribution is 5.76. The molecule has 2 atom stereocenters. The fourth-order valence-electron chi connectivity index (χ4n) is 10.0. The number of carbonyl (C=O) groups is 1. The average molecular weight is 969 g/mol. The van der Waals surface area contributed by atoms with Gasteiger partial charge in [-0.1, -0.05) is 333 Å². The number of allylic oxidation sites excluding steroid dienone is 5. The first-order valence-corrected chi connectivity index (χ1v) is 31.7. The molecular weight excluding hydrogens is 843 g/mol. The van der Waals surface area contributed by atoms with E-state index >= 15 is 0 Å². The number of unbranched alkanes of at least 4 members (excludes halogenated alkanes) is 48. The van der Waals surface area contributed by atoms with E-state index < -0.39 is 12.1 Å². The van der Waals surface area contributed by atoms with Crippen molar-refractivity contribution in [2.45, 2.75) is 366 Å². The summed E-state index contributed by atoms with van der Waals surface area (Å²) in [7, 11) is 0. The lowest BCUT2D eigenvalue weighted by molar-refractivity contribution is -0.123. The Morgan fingerprint density at radius 3 is 0.870 bits per heavy atom. The summed E-state index contributed by atoms with van der Waals surface area (Å²) in [5.41, 5.74) is 0. The Bertz CT molecular complexity index is 1050. The van der Waals surface area contributed by atoms with E-state index in [1.807, 2.05) is 6.08 Å². The largest absolute Gasteiger partial charge is 0.394 e. The predicted octanol–water partition coefficient (Wildman–Crippen LogP) is 21.2. The Morgan fingerprint density at radius 1 is 0.348 bits per heavy atom. The molecule has 0 bridgehead atoms. The fourth-order valence-corrected chi connectivity index (χ4v) is 10.0. The smallest absolute Gasteiger partial charge is 0.220 e. The predicted molar refractivity (Wildman–Crippen MR) is 308 cm³/mol. The van der Waals surface area contributed by atoms with Gasteiger partial charge in [0.05, 0.1) is 18.8 Å². The van der Waals surface area contributed by atoms with Gasteiger partial charge in [0.25, 0.3) is 0 Å². The van der Waals surface area contributed by atoms with Crippen molar-refractivity contribution in [1.82, 2.24) is 5.32 Å². The van der Waals surface area contributed by atoms with Crippen LogP contribution >= 0.6 is 0 Å². The number of aliphatic hydroxyl groups is 2. The zero-order valence-corrected chi connectivity index (χ0v) is 47.1. The average Bonchev–Trinajstić information content (AvgIpc) is 3.35. The lowest BCUT2D eigenvalue weighted by Crippen LogP contribution is -2.45. The molecule has 0 aromatic rings. The number of rotatable bonds is 59. The maximum atomic E-state index is 12.5. The van der Waals surface area contributed by atoms with Gasteiger partial charge in [0.2, 0.25) is 5.91 Å². The highest BCUT2D eigenvalue weighted by Gasteiger charge is 2.18. The van der Waals surface area contributed by atoms with E-state index in [0.29, 0.717) is 6.42 Å². The van der Waals surface area contributed by atoms with E-state index in [1.165, 1.54) is 302 Å². The Kier molecular flexibility index (Phi) is 59.7. The number of hydrogen-bond acceptors (Lipinski definition) is 3. The van der Waals surface area contributed by atoms with Crippen molar-refractivity contribution < 1.29 is 15.0 Å². The van der Waals surface area contributed by atoms with Gasteiger partial charge in [-0.3, -0.25) is 4.79 Å². The Hall–Kier alpha value is -1.39. The third kappa shape index (κ3) is 57.4. The first-order valence-electron chi connectivity index (χ1n) is 31.7. The van der Waals surface area contributed by atoms with Crippen LogP contribution in [-0.2, 0) is 4.79 Å². The minimum Gasteiger partial charge on any atom is -0.394 e. The molecule has 0 spiro atoms. The van der Waals surface area contributed by atoms with E-state index in [1.54, 1.807) is 6.08 Å². The molecule has 0 heterocycles. The van der Waals surface area contributed by atoms with E-state index in [4.69, 9.17) is 0 Å². The maximum absolute atomic E-state index is 12.5. The normalized spacial score (nSPS) is 12.9. The van der Waals surface area contributed by atoms with Crippen LogP contribution in [0.25, 0.3) is 0 Å². The molecule has 0 aliphatic heterocycles. The van der Waals surface area contributed by atoms with Gasteiger partial charge < -0.3 is 15.5 Å². The molecule has 1 amide bonds. The molecule has 408 valence electrons. The number of amides is 1. The topological polar surface area (TPSA) is 69.6 Å². The number of carbonyl (C=O) groups excluding carboxylic acids is 1. The summed E-state index contributed by atoms with van der Waals surface area (Å²) in [4.78, 5) is 12.5. The summed E-state index contributed by atoms with van der Waals surface area (Å²) in [5, 5.41) is 23.2. The van der Waals surface area contributed by atoms with Gasteiger partial charge in [0.1, 0.15) is 0 Å². The molecule has 0 aromatic heterocycles. The molecule has 4 nitrogen and oxygen atoms in total. The second kappa shape index (κ2) is 60.9. The van der Waals surface area contributed by atoms with Crippen LogP contribution in [0.1, 0.15) is 354 Å². The lowest BCUT2D eigenvalue weighted by atomic mass is 10.0. The van der Waals surface area contributed by atoms with Gasteiger partial charge in [-0.25, -0.2) is 0 Å². The molecule has 0 saturated carbocycles. The number of aliphatic hydroxyl groups excluding tert-OH is 2. The molecule has 0 fully saturated rings. The van der Waals surface area contributed by atoms with Crippen LogP contribution in [0.15, 0.2) is 36.5 Å². The van der Waals surface area contributed by atoms with Crippen molar-refractivity contribution in [1.29, 1.82) is 0 Å². The highest BCUT2D eigenvalue weighted by atomic mass is 16.3. The molecule has 0 rings (SSSR count). The Labute approximate surface area is 433 Å². The number of nitrogens with one attached hydrogen (secondary N) is 1. The summed E-state index contributed by atoms with van der Waals surface area (Å²) < 4.78 is 0. The van der Waals surface area contributed by atoms with Crippen LogP contribution in [0.3, 0.4) is 0 Å². The SMILES string of the molecule is CCCCCCCCCCCCCCC/C=C\C/C=C\CCCCCCCCCCCCCCCCCCCC(=O)NC(CO)C(O)/C=C/CCCCCCCCCCCCCCCCCCCC. The zero-order valence-electron chi connectivity index (χ0n) is 47.1. The highest BCUT2D eigenvalue weighted by Crippen LogP contribution is 2.18. The Morgan fingerprint density at radius 2 is 0.594 bits per heavy atom. The van der Waals surface area contributed by atoms with E-state index in [0.717, 1.165) is 32.1 Å². The summed E-state index contributed by atoms with van der Waals surface area (Å²) in [6.07, 6.45) is 83.5. The van der Waals surface area contributed by atoms with Gasteiger partial charge in [0, 0.05) is 6.42 Å². The molecule has 3 N–H and O–H groups in total. The molecular formula is C65H125NO3. The zero-order chi connectivity index (χ0) is 49.9. The standard InChI is InChI=1S/C65H125NO3/c1-3-5-7-9-11-13-15-17-19-21-23-25-26-27-28-29-30-31-32-33-34-35-36-37-38-39-40-41-43-45-47-49-51-53-55-57-59-61-65(69)66-63(62-67)64(68)60-58-56-54-52-50-48-46-44-42-24-22-20-18-16-14-12-10-8-6-4-2/h28-29,31-32,58,60,63-64,67-68H,3-27,30,33-57,59,61-62H2,1-2H3,(H,66,69)/b29-28-,32-31-,60-58+. The Balaban J connectivity index is 3.43. The quantitative estimate of drug-likeness (QED) is 0.0420. The molecule has 0 aliphatic carbocycles. The molecule has 0 radical (unpaired) electrons. The minimum absolute atomic E-state index is 0.0582. The lowest BCUT2D eigenvalue weighted by Gasteiger charge is -2.20. The monoisotopic (exact) mass is 968 g/mol. The second-order valence-electron chi connectivity index (χ2n) is 21.8. The maximum Gasteiger partial charge on any atom is 0.220 e. The van der Waals surface area contributed by atoms with Crippen LogP contribution in [-0.4, -0.2) is 34.9 Å². The second-order valence-corrected chi connectivity index (χ2v) is 21.8. The van der Waals surface area contributed by atoms with Gasteiger partial charge in [-0.2, -0.15) is 0 Å². The van der Waals surface area contributed by atoms with Crippen molar-refractivity contribution in [2.24, 2.45) is 0 Å². The number of hydrogen-bond donors (Lipinski definition) is 3. The fraction of sp³-hybridized carbons (Fsp3) is 0.892. The first kappa shape index (κ1) is 67.6.